The predicted molar refractivity (Wildman–Crippen MR) is 62.9 cm³/mol. The first-order chi connectivity index (χ1) is 8.37. The Bertz CT molecular complexity index is 342. The van der Waals surface area contributed by atoms with E-state index in [1.165, 1.54) is 0 Å². The van der Waals surface area contributed by atoms with E-state index < -0.39 is 35.3 Å². The van der Waals surface area contributed by atoms with Gasteiger partial charge in [-0.05, 0) is 12.8 Å². The molecule has 6 nitrogen and oxygen atoms in total. The number of ether oxygens (including phenoxy) is 1. The molecule has 4 N–H and O–H groups in total. The number of carbonyl (C=O) groups excluding carboxylic acids is 1. The van der Waals surface area contributed by atoms with E-state index in [0.717, 1.165) is 0 Å². The number of hydrogen-bond acceptors (Lipinski definition) is 6. The van der Waals surface area contributed by atoms with Crippen molar-refractivity contribution in [3.63, 3.8) is 0 Å². The molecule has 1 aliphatic heterocycles. The first-order valence-electron chi connectivity index (χ1n) is 6.10. The Morgan fingerprint density at radius 2 is 1.78 bits per heavy atom. The van der Waals surface area contributed by atoms with E-state index in [1.807, 2.05) is 13.8 Å². The van der Waals surface area contributed by atoms with Crippen LogP contribution in [0.4, 0.5) is 0 Å². The molecular weight excluding hydrogens is 240 g/mol. The minimum absolute atomic E-state index is 0.310. The highest BCUT2D eigenvalue weighted by Gasteiger charge is 2.47. The van der Waals surface area contributed by atoms with Gasteiger partial charge in [0.1, 0.15) is 6.10 Å². The lowest BCUT2D eigenvalue weighted by atomic mass is 9.84. The number of cyclic esters (lactones) is 1. The monoisotopic (exact) mass is 260 g/mol. The third kappa shape index (κ3) is 2.59. The number of aliphatic hydroxyl groups excluding tert-OH is 3. The van der Waals surface area contributed by atoms with Gasteiger partial charge < -0.3 is 25.2 Å². The van der Waals surface area contributed by atoms with Gasteiger partial charge in [0.25, 0.3) is 0 Å². The molecular formula is C12H20O6. The van der Waals surface area contributed by atoms with E-state index in [-0.39, 0.29) is 0 Å². The molecule has 6 heteroatoms. The molecule has 104 valence electrons. The fourth-order valence-electron chi connectivity index (χ4n) is 2.25. The van der Waals surface area contributed by atoms with Crippen molar-refractivity contribution in [1.29, 1.82) is 0 Å². The summed E-state index contributed by atoms with van der Waals surface area (Å²) in [7, 11) is 0. The number of hydrogen-bond donors (Lipinski definition) is 4. The SMILES string of the molecule is CCCC(O)(CCC)[C@H](O)[C@H]1OC(=O)C(O)=C1O. The maximum atomic E-state index is 11.1. The van der Waals surface area contributed by atoms with Crippen molar-refractivity contribution in [1.82, 2.24) is 0 Å². The molecule has 0 aromatic rings. The number of esters is 1. The highest BCUT2D eigenvalue weighted by molar-refractivity contribution is 5.89. The number of aliphatic hydroxyl groups is 4. The molecule has 1 rings (SSSR count). The second-order valence-electron chi connectivity index (χ2n) is 4.61. The van der Waals surface area contributed by atoms with Gasteiger partial charge >= 0.3 is 5.97 Å². The minimum Gasteiger partial charge on any atom is -0.505 e. The van der Waals surface area contributed by atoms with Gasteiger partial charge in [-0.2, -0.15) is 0 Å². The molecule has 1 heterocycles. The van der Waals surface area contributed by atoms with E-state index >= 15 is 0 Å². The predicted octanol–water partition coefficient (Wildman–Crippen LogP) is 0.932. The van der Waals surface area contributed by atoms with Gasteiger partial charge in [-0.1, -0.05) is 26.7 Å². The van der Waals surface area contributed by atoms with Gasteiger partial charge in [-0.25, -0.2) is 4.79 Å². The van der Waals surface area contributed by atoms with Crippen molar-refractivity contribution >= 4 is 5.97 Å². The molecule has 0 saturated heterocycles. The minimum atomic E-state index is -1.47. The molecule has 0 fully saturated rings. The molecule has 0 spiro atoms. The van der Waals surface area contributed by atoms with Crippen LogP contribution in [0, 0.1) is 0 Å². The molecule has 0 saturated carbocycles. The Hall–Kier alpha value is -1.27. The maximum absolute atomic E-state index is 11.1. The number of carbonyl (C=O) groups is 1. The van der Waals surface area contributed by atoms with E-state index in [0.29, 0.717) is 25.7 Å². The Balaban J connectivity index is 2.91. The molecule has 0 aliphatic carbocycles. The zero-order chi connectivity index (χ0) is 13.9. The second-order valence-corrected chi connectivity index (χ2v) is 4.61. The molecule has 0 aromatic heterocycles. The fraction of sp³-hybridized carbons (Fsp3) is 0.750. The quantitative estimate of drug-likeness (QED) is 0.529. The van der Waals surface area contributed by atoms with Crippen molar-refractivity contribution in [3.05, 3.63) is 11.5 Å². The third-order valence-corrected chi connectivity index (χ3v) is 3.14. The Morgan fingerprint density at radius 3 is 2.11 bits per heavy atom. The molecule has 0 radical (unpaired) electrons. The van der Waals surface area contributed by atoms with Crippen LogP contribution in [-0.4, -0.2) is 44.2 Å². The molecule has 0 amide bonds. The first kappa shape index (κ1) is 14.8. The van der Waals surface area contributed by atoms with Gasteiger partial charge in [0.05, 0.1) is 5.60 Å². The smallest absolute Gasteiger partial charge is 0.377 e. The molecule has 0 bridgehead atoms. The molecule has 0 unspecified atom stereocenters. The summed E-state index contributed by atoms with van der Waals surface area (Å²) in [6.45, 7) is 3.70. The average molecular weight is 260 g/mol. The lowest BCUT2D eigenvalue weighted by molar-refractivity contribution is -0.162. The van der Waals surface area contributed by atoms with Crippen LogP contribution in [0.15, 0.2) is 11.5 Å². The van der Waals surface area contributed by atoms with Crippen LogP contribution < -0.4 is 0 Å². The molecule has 0 aromatic carbocycles. The van der Waals surface area contributed by atoms with Crippen molar-refractivity contribution in [2.24, 2.45) is 0 Å². The van der Waals surface area contributed by atoms with Crippen LogP contribution in [0.1, 0.15) is 39.5 Å². The summed E-state index contributed by atoms with van der Waals surface area (Å²) in [5, 5.41) is 39.2. The Kier molecular flexibility index (Phi) is 4.59. The van der Waals surface area contributed by atoms with Crippen LogP contribution in [-0.2, 0) is 9.53 Å². The van der Waals surface area contributed by atoms with Crippen LogP contribution >= 0.6 is 0 Å². The zero-order valence-electron chi connectivity index (χ0n) is 10.6. The summed E-state index contributed by atoms with van der Waals surface area (Å²) >= 11 is 0. The maximum Gasteiger partial charge on any atom is 0.377 e. The van der Waals surface area contributed by atoms with Crippen LogP contribution in [0.25, 0.3) is 0 Å². The summed E-state index contributed by atoms with van der Waals surface area (Å²) < 4.78 is 4.66. The van der Waals surface area contributed by atoms with Gasteiger partial charge in [0.15, 0.2) is 11.9 Å². The first-order valence-corrected chi connectivity index (χ1v) is 6.10. The van der Waals surface area contributed by atoms with Crippen molar-refractivity contribution in [3.8, 4) is 0 Å². The molecule has 2 atom stereocenters. The third-order valence-electron chi connectivity index (χ3n) is 3.14. The highest BCUT2D eigenvalue weighted by atomic mass is 16.6. The Morgan fingerprint density at radius 1 is 1.28 bits per heavy atom. The summed E-state index contributed by atoms with van der Waals surface area (Å²) in [6.07, 6.45) is -0.990. The van der Waals surface area contributed by atoms with E-state index in [1.54, 1.807) is 0 Å². The highest BCUT2D eigenvalue weighted by Crippen LogP contribution is 2.32. The lowest BCUT2D eigenvalue weighted by Gasteiger charge is -2.35. The summed E-state index contributed by atoms with van der Waals surface area (Å²) in [5.74, 6) is -2.72. The van der Waals surface area contributed by atoms with Crippen molar-refractivity contribution in [2.75, 3.05) is 0 Å². The average Bonchev–Trinajstić information content (AvgIpc) is 2.56. The molecule has 1 aliphatic rings. The zero-order valence-corrected chi connectivity index (χ0v) is 10.6. The van der Waals surface area contributed by atoms with Gasteiger partial charge in [-0.3, -0.25) is 0 Å². The van der Waals surface area contributed by atoms with Gasteiger partial charge in [-0.15, -0.1) is 0 Å². The van der Waals surface area contributed by atoms with Crippen LogP contribution in [0.2, 0.25) is 0 Å². The largest absolute Gasteiger partial charge is 0.505 e. The standard InChI is InChI=1S/C12H20O6/c1-3-5-12(17,6-4-2)10(15)9-7(13)8(14)11(16)18-9/h9-10,13-15,17H,3-6H2,1-2H3/t9-,10+/m0/s1. The molecule has 18 heavy (non-hydrogen) atoms. The van der Waals surface area contributed by atoms with Crippen LogP contribution in [0.5, 0.6) is 0 Å². The van der Waals surface area contributed by atoms with Gasteiger partial charge in [0.2, 0.25) is 5.76 Å². The summed E-state index contributed by atoms with van der Waals surface area (Å²) in [6, 6.07) is 0. The van der Waals surface area contributed by atoms with E-state index in [9.17, 15) is 25.2 Å². The summed E-state index contributed by atoms with van der Waals surface area (Å²) in [4.78, 5) is 11.1. The van der Waals surface area contributed by atoms with E-state index in [4.69, 9.17) is 0 Å². The number of rotatable bonds is 6. The van der Waals surface area contributed by atoms with Crippen molar-refractivity contribution in [2.45, 2.75) is 57.3 Å². The fourth-order valence-corrected chi connectivity index (χ4v) is 2.25. The topological polar surface area (TPSA) is 107 Å². The van der Waals surface area contributed by atoms with E-state index in [2.05, 4.69) is 4.74 Å². The van der Waals surface area contributed by atoms with Crippen molar-refractivity contribution < 1.29 is 30.0 Å². The normalized spacial score (nSPS) is 22.2. The summed E-state index contributed by atoms with van der Waals surface area (Å²) in [5.41, 5.74) is -1.45. The van der Waals surface area contributed by atoms with Crippen LogP contribution in [0.3, 0.4) is 0 Å². The lowest BCUT2D eigenvalue weighted by Crippen LogP contribution is -2.49. The van der Waals surface area contributed by atoms with Gasteiger partial charge in [0, 0.05) is 0 Å². The Labute approximate surface area is 106 Å². The second kappa shape index (κ2) is 5.58.